The molecule has 1 amide bonds. The number of hydrogen-bond acceptors (Lipinski definition) is 5. The first-order valence-electron chi connectivity index (χ1n) is 7.71. The summed E-state index contributed by atoms with van der Waals surface area (Å²) in [6, 6.07) is 1.72. The molecule has 1 heterocycles. The third kappa shape index (κ3) is 7.17. The second-order valence-corrected chi connectivity index (χ2v) is 5.63. The van der Waals surface area contributed by atoms with E-state index in [1.165, 1.54) is 44.7 Å². The van der Waals surface area contributed by atoms with Gasteiger partial charge in [-0.15, -0.1) is 0 Å². The molecule has 1 saturated carbocycles. The molecule has 1 aromatic rings. The van der Waals surface area contributed by atoms with Gasteiger partial charge < -0.3 is 4.90 Å². The van der Waals surface area contributed by atoms with Crippen LogP contribution in [-0.2, 0) is 11.3 Å². The number of pyridine rings is 1. The van der Waals surface area contributed by atoms with Crippen LogP contribution in [0.5, 0.6) is 0 Å². The molecule has 22 heavy (non-hydrogen) atoms. The molecule has 0 atom stereocenters. The maximum atomic E-state index is 10.8. The van der Waals surface area contributed by atoms with Crippen LogP contribution in [0.25, 0.3) is 0 Å². The Morgan fingerprint density at radius 2 is 1.73 bits per heavy atom. The molecule has 6 heteroatoms. The SMILES string of the molecule is C1CCCCC1.CN(C)Cc1cc(NNC=O)ncc1C=O. The molecule has 0 spiro atoms. The molecule has 0 bridgehead atoms. The van der Waals surface area contributed by atoms with E-state index in [4.69, 9.17) is 0 Å². The van der Waals surface area contributed by atoms with Gasteiger partial charge in [-0.1, -0.05) is 38.5 Å². The fraction of sp³-hybridized carbons (Fsp3) is 0.562. The fourth-order valence-corrected chi connectivity index (χ4v) is 2.32. The minimum Gasteiger partial charge on any atom is -0.305 e. The highest BCUT2D eigenvalue weighted by atomic mass is 16.1. The lowest BCUT2D eigenvalue weighted by molar-refractivity contribution is -0.109. The lowest BCUT2D eigenvalue weighted by Crippen LogP contribution is -2.20. The molecule has 0 saturated heterocycles. The molecule has 1 fully saturated rings. The predicted octanol–water partition coefficient (Wildman–Crippen LogP) is 2.37. The molecule has 1 aliphatic carbocycles. The third-order valence-electron chi connectivity index (χ3n) is 3.40. The van der Waals surface area contributed by atoms with Gasteiger partial charge in [0.1, 0.15) is 5.82 Å². The molecule has 0 aliphatic heterocycles. The van der Waals surface area contributed by atoms with Crippen molar-refractivity contribution in [1.82, 2.24) is 15.3 Å². The standard InChI is InChI=1S/C10H14N4O2.C6H12/c1-14(2)5-8-3-10(13-12-7-16)11-4-9(8)6-15;1-2-4-6-5-3-1/h3-4,6-7H,5H2,1-2H3,(H,11,13)(H,12,16);1-6H2. The van der Waals surface area contributed by atoms with E-state index in [2.05, 4.69) is 15.8 Å². The van der Waals surface area contributed by atoms with Crippen molar-refractivity contribution in [2.45, 2.75) is 45.1 Å². The lowest BCUT2D eigenvalue weighted by Gasteiger charge is -2.12. The van der Waals surface area contributed by atoms with Gasteiger partial charge in [-0.2, -0.15) is 0 Å². The largest absolute Gasteiger partial charge is 0.305 e. The zero-order chi connectivity index (χ0) is 16.2. The molecule has 0 aromatic carbocycles. The van der Waals surface area contributed by atoms with E-state index >= 15 is 0 Å². The van der Waals surface area contributed by atoms with Gasteiger partial charge >= 0.3 is 0 Å². The van der Waals surface area contributed by atoms with Gasteiger partial charge in [-0.25, -0.2) is 4.98 Å². The van der Waals surface area contributed by atoms with Crippen molar-refractivity contribution in [2.75, 3.05) is 19.5 Å². The average Bonchev–Trinajstić information content (AvgIpc) is 2.55. The molecule has 1 aromatic heterocycles. The first-order chi connectivity index (χ1) is 10.7. The van der Waals surface area contributed by atoms with Gasteiger partial charge in [-0.05, 0) is 25.7 Å². The number of hydrogen-bond donors (Lipinski definition) is 2. The number of nitrogens with zero attached hydrogens (tertiary/aromatic N) is 2. The maximum absolute atomic E-state index is 10.8. The van der Waals surface area contributed by atoms with Gasteiger partial charge in [-0.3, -0.25) is 20.4 Å². The normalized spacial score (nSPS) is 13.8. The third-order valence-corrected chi connectivity index (χ3v) is 3.40. The Kier molecular flexibility index (Phi) is 8.83. The Bertz CT molecular complexity index is 448. The Morgan fingerprint density at radius 3 is 2.18 bits per heavy atom. The summed E-state index contributed by atoms with van der Waals surface area (Å²) in [6.07, 6.45) is 11.8. The molecule has 2 rings (SSSR count). The number of rotatable bonds is 6. The molecular formula is C16H26N4O2. The minimum absolute atomic E-state index is 0.495. The van der Waals surface area contributed by atoms with Crippen molar-refractivity contribution < 1.29 is 9.59 Å². The Balaban J connectivity index is 0.000000335. The van der Waals surface area contributed by atoms with Gasteiger partial charge in [0.2, 0.25) is 6.41 Å². The monoisotopic (exact) mass is 306 g/mol. The molecular weight excluding hydrogens is 280 g/mol. The Hall–Kier alpha value is -1.95. The molecule has 1 aliphatic rings. The van der Waals surface area contributed by atoms with Crippen molar-refractivity contribution >= 4 is 18.5 Å². The highest BCUT2D eigenvalue weighted by Crippen LogP contribution is 2.15. The average molecular weight is 306 g/mol. The summed E-state index contributed by atoms with van der Waals surface area (Å²) in [5, 5.41) is 0. The van der Waals surface area contributed by atoms with Gasteiger partial charge in [0.05, 0.1) is 0 Å². The summed E-state index contributed by atoms with van der Waals surface area (Å²) < 4.78 is 0. The zero-order valence-corrected chi connectivity index (χ0v) is 13.5. The molecule has 2 N–H and O–H groups in total. The minimum atomic E-state index is 0.495. The smallest absolute Gasteiger partial charge is 0.225 e. The van der Waals surface area contributed by atoms with Crippen LogP contribution in [0, 0.1) is 0 Å². The molecule has 122 valence electrons. The van der Waals surface area contributed by atoms with Crippen LogP contribution in [0.4, 0.5) is 5.82 Å². The first kappa shape index (κ1) is 18.1. The van der Waals surface area contributed by atoms with Gasteiger partial charge in [0, 0.05) is 18.3 Å². The van der Waals surface area contributed by atoms with Crippen LogP contribution in [0.2, 0.25) is 0 Å². The van der Waals surface area contributed by atoms with E-state index in [0.29, 0.717) is 24.3 Å². The highest BCUT2D eigenvalue weighted by Gasteiger charge is 2.05. The van der Waals surface area contributed by atoms with Crippen molar-refractivity contribution in [2.24, 2.45) is 0 Å². The summed E-state index contributed by atoms with van der Waals surface area (Å²) >= 11 is 0. The van der Waals surface area contributed by atoms with Crippen LogP contribution in [0.1, 0.15) is 54.4 Å². The number of carbonyl (C=O) groups excluding carboxylic acids is 2. The number of aldehydes is 1. The number of amides is 1. The number of hydrazine groups is 1. The first-order valence-corrected chi connectivity index (χ1v) is 7.71. The van der Waals surface area contributed by atoms with E-state index in [9.17, 15) is 9.59 Å². The fourth-order valence-electron chi connectivity index (χ4n) is 2.32. The topological polar surface area (TPSA) is 74.3 Å². The number of anilines is 1. The lowest BCUT2D eigenvalue weighted by atomic mass is 10.0. The maximum Gasteiger partial charge on any atom is 0.225 e. The van der Waals surface area contributed by atoms with Crippen LogP contribution in [-0.4, -0.2) is 36.7 Å². The quantitative estimate of drug-likeness (QED) is 0.623. The number of nitrogens with one attached hydrogen (secondary N) is 2. The van der Waals surface area contributed by atoms with Crippen LogP contribution in [0.3, 0.4) is 0 Å². The second kappa shape index (κ2) is 10.7. The Morgan fingerprint density at radius 1 is 1.14 bits per heavy atom. The number of carbonyl (C=O) groups is 2. The zero-order valence-electron chi connectivity index (χ0n) is 13.5. The van der Waals surface area contributed by atoms with E-state index in [1.807, 2.05) is 19.0 Å². The van der Waals surface area contributed by atoms with Crippen LogP contribution < -0.4 is 10.9 Å². The molecule has 0 unspecified atom stereocenters. The van der Waals surface area contributed by atoms with Crippen molar-refractivity contribution in [3.63, 3.8) is 0 Å². The van der Waals surface area contributed by atoms with Crippen LogP contribution >= 0.6 is 0 Å². The summed E-state index contributed by atoms with van der Waals surface area (Å²) in [4.78, 5) is 26.8. The van der Waals surface area contributed by atoms with E-state index in [1.54, 1.807) is 6.07 Å². The highest BCUT2D eigenvalue weighted by molar-refractivity contribution is 5.77. The van der Waals surface area contributed by atoms with Gasteiger partial charge in [0.15, 0.2) is 6.29 Å². The van der Waals surface area contributed by atoms with Crippen LogP contribution in [0.15, 0.2) is 12.3 Å². The van der Waals surface area contributed by atoms with Gasteiger partial charge in [0.25, 0.3) is 0 Å². The molecule has 0 radical (unpaired) electrons. The summed E-state index contributed by atoms with van der Waals surface area (Å²) in [6.45, 7) is 0.631. The molecule has 6 nitrogen and oxygen atoms in total. The second-order valence-electron chi connectivity index (χ2n) is 5.63. The van der Waals surface area contributed by atoms with Crippen molar-refractivity contribution in [1.29, 1.82) is 0 Å². The van der Waals surface area contributed by atoms with Crippen molar-refractivity contribution in [3.8, 4) is 0 Å². The predicted molar refractivity (Wildman–Crippen MR) is 87.5 cm³/mol. The van der Waals surface area contributed by atoms with E-state index in [-0.39, 0.29) is 0 Å². The summed E-state index contributed by atoms with van der Waals surface area (Å²) in [5.74, 6) is 0.495. The number of aromatic nitrogens is 1. The summed E-state index contributed by atoms with van der Waals surface area (Å²) in [5.41, 5.74) is 6.28. The van der Waals surface area contributed by atoms with Crippen molar-refractivity contribution in [3.05, 3.63) is 23.4 Å². The summed E-state index contributed by atoms with van der Waals surface area (Å²) in [7, 11) is 3.82. The van der Waals surface area contributed by atoms with E-state index < -0.39 is 0 Å². The Labute approximate surface area is 132 Å². The van der Waals surface area contributed by atoms with E-state index in [0.717, 1.165) is 11.8 Å².